The van der Waals surface area contributed by atoms with Crippen LogP contribution in [0.15, 0.2) is 12.5 Å². The second kappa shape index (κ2) is 6.37. The molecule has 2 amide bonds. The number of aromatic nitrogens is 2. The van der Waals surface area contributed by atoms with E-state index >= 15 is 0 Å². The van der Waals surface area contributed by atoms with Gasteiger partial charge in [-0.1, -0.05) is 0 Å². The molecule has 0 radical (unpaired) electrons. The lowest BCUT2D eigenvalue weighted by molar-refractivity contribution is -0.140. The molecular weight excluding hydrogens is 301 g/mol. The Morgan fingerprint density at radius 3 is 2.73 bits per heavy atom. The Morgan fingerprint density at radius 2 is 2.14 bits per heavy atom. The minimum atomic E-state index is -4.37. The first-order valence-electron chi connectivity index (χ1n) is 6.88. The molecule has 2 rings (SSSR count). The molecule has 1 heterocycles. The van der Waals surface area contributed by atoms with Gasteiger partial charge >= 0.3 is 6.18 Å². The Kier molecular flexibility index (Phi) is 4.72. The van der Waals surface area contributed by atoms with E-state index < -0.39 is 18.6 Å². The number of amides is 2. The summed E-state index contributed by atoms with van der Waals surface area (Å²) in [4.78, 5) is 28.7. The molecule has 122 valence electrons. The van der Waals surface area contributed by atoms with E-state index in [1.807, 2.05) is 0 Å². The fourth-order valence-corrected chi connectivity index (χ4v) is 1.99. The molecule has 1 saturated carbocycles. The van der Waals surface area contributed by atoms with E-state index in [2.05, 4.69) is 10.3 Å². The van der Waals surface area contributed by atoms with E-state index in [-0.39, 0.29) is 24.6 Å². The van der Waals surface area contributed by atoms with Crippen molar-refractivity contribution < 1.29 is 22.8 Å². The maximum Gasteiger partial charge on any atom is 0.406 e. The number of rotatable bonds is 6. The average molecular weight is 318 g/mol. The van der Waals surface area contributed by atoms with Gasteiger partial charge in [-0.15, -0.1) is 0 Å². The van der Waals surface area contributed by atoms with Crippen LogP contribution in [0.25, 0.3) is 0 Å². The molecule has 0 atom stereocenters. The summed E-state index contributed by atoms with van der Waals surface area (Å²) in [6.07, 6.45) is -0.220. The molecule has 6 nitrogen and oxygen atoms in total. The highest BCUT2D eigenvalue weighted by atomic mass is 19.4. The van der Waals surface area contributed by atoms with Gasteiger partial charge in [-0.05, 0) is 12.8 Å². The zero-order valence-electron chi connectivity index (χ0n) is 12.1. The van der Waals surface area contributed by atoms with Crippen LogP contribution in [-0.4, -0.2) is 52.1 Å². The molecule has 22 heavy (non-hydrogen) atoms. The predicted molar refractivity (Wildman–Crippen MR) is 71.0 cm³/mol. The third-order valence-corrected chi connectivity index (χ3v) is 3.34. The number of hydrogen-bond donors (Lipinski definition) is 1. The zero-order valence-corrected chi connectivity index (χ0v) is 12.1. The van der Waals surface area contributed by atoms with Crippen molar-refractivity contribution in [3.63, 3.8) is 0 Å². The molecule has 9 heteroatoms. The summed E-state index contributed by atoms with van der Waals surface area (Å²) >= 11 is 0. The molecule has 1 aliphatic rings. The van der Waals surface area contributed by atoms with Crippen molar-refractivity contribution in [1.29, 1.82) is 0 Å². The smallest absolute Gasteiger partial charge is 0.350 e. The lowest BCUT2D eigenvalue weighted by Gasteiger charge is -2.15. The molecule has 0 unspecified atom stereocenters. The summed E-state index contributed by atoms with van der Waals surface area (Å²) in [6.45, 7) is -1.07. The van der Waals surface area contributed by atoms with Crippen LogP contribution in [0.1, 0.15) is 29.8 Å². The van der Waals surface area contributed by atoms with E-state index in [4.69, 9.17) is 0 Å². The standard InChI is InChI=1S/C13H17F3N4O2/c1-19(9-2-3-9)11(21)4-5-17-12(22)10-6-20(8-18-10)7-13(14,15)16/h6,8-9H,2-5,7H2,1H3,(H,17,22). The van der Waals surface area contributed by atoms with Crippen molar-refractivity contribution in [2.75, 3.05) is 13.6 Å². The van der Waals surface area contributed by atoms with Gasteiger partial charge in [-0.3, -0.25) is 9.59 Å². The molecule has 0 aliphatic heterocycles. The number of halogens is 3. The van der Waals surface area contributed by atoms with Crippen molar-refractivity contribution in [2.45, 2.75) is 38.0 Å². The average Bonchev–Trinajstić information content (AvgIpc) is 3.16. The normalized spacial score (nSPS) is 14.7. The van der Waals surface area contributed by atoms with E-state index in [1.165, 1.54) is 0 Å². The molecule has 0 bridgehead atoms. The molecule has 0 aromatic carbocycles. The maximum atomic E-state index is 12.2. The monoisotopic (exact) mass is 318 g/mol. The first-order chi connectivity index (χ1) is 10.3. The quantitative estimate of drug-likeness (QED) is 0.856. The molecule has 0 spiro atoms. The van der Waals surface area contributed by atoms with Crippen molar-refractivity contribution in [1.82, 2.24) is 19.8 Å². The highest BCUT2D eigenvalue weighted by molar-refractivity contribution is 5.92. The largest absolute Gasteiger partial charge is 0.406 e. The Labute approximate surface area is 125 Å². The van der Waals surface area contributed by atoms with Gasteiger partial charge in [0.2, 0.25) is 5.91 Å². The first kappa shape index (κ1) is 16.3. The molecular formula is C13H17F3N4O2. The molecule has 1 aromatic heterocycles. The number of carbonyl (C=O) groups is 2. The summed E-state index contributed by atoms with van der Waals surface area (Å²) in [5.74, 6) is -0.659. The SMILES string of the molecule is CN(C(=O)CCNC(=O)c1cn(CC(F)(F)F)cn1)C1CC1. The van der Waals surface area contributed by atoms with Crippen LogP contribution in [-0.2, 0) is 11.3 Å². The second-order valence-corrected chi connectivity index (χ2v) is 5.29. The number of alkyl halides is 3. The molecule has 1 aromatic rings. The lowest BCUT2D eigenvalue weighted by Crippen LogP contribution is -2.33. The van der Waals surface area contributed by atoms with Gasteiger partial charge in [0.25, 0.3) is 5.91 Å². The molecule has 1 N–H and O–H groups in total. The van der Waals surface area contributed by atoms with Crippen LogP contribution in [0, 0.1) is 0 Å². The van der Waals surface area contributed by atoms with Gasteiger partial charge in [0.1, 0.15) is 12.2 Å². The Morgan fingerprint density at radius 1 is 1.45 bits per heavy atom. The molecule has 1 fully saturated rings. The van der Waals surface area contributed by atoms with E-state index in [1.54, 1.807) is 11.9 Å². The summed E-state index contributed by atoms with van der Waals surface area (Å²) in [6, 6.07) is 0.307. The van der Waals surface area contributed by atoms with Crippen LogP contribution in [0.2, 0.25) is 0 Å². The van der Waals surface area contributed by atoms with Gasteiger partial charge in [0.05, 0.1) is 6.33 Å². The van der Waals surface area contributed by atoms with Crippen LogP contribution >= 0.6 is 0 Å². The van der Waals surface area contributed by atoms with Gasteiger partial charge in [0, 0.05) is 32.3 Å². The number of imidazole rings is 1. The lowest BCUT2D eigenvalue weighted by atomic mass is 10.3. The van der Waals surface area contributed by atoms with Gasteiger partial charge in [-0.25, -0.2) is 4.98 Å². The van der Waals surface area contributed by atoms with E-state index in [0.717, 1.165) is 29.9 Å². The van der Waals surface area contributed by atoms with Crippen molar-refractivity contribution in [2.24, 2.45) is 0 Å². The number of nitrogens with one attached hydrogen (secondary N) is 1. The number of hydrogen-bond acceptors (Lipinski definition) is 3. The Hall–Kier alpha value is -2.06. The number of carbonyl (C=O) groups excluding carboxylic acids is 2. The summed E-state index contributed by atoms with van der Waals surface area (Å²) in [5, 5.41) is 2.48. The summed E-state index contributed by atoms with van der Waals surface area (Å²) in [5.41, 5.74) is -0.104. The molecule has 0 saturated heterocycles. The van der Waals surface area contributed by atoms with Gasteiger partial charge in [-0.2, -0.15) is 13.2 Å². The van der Waals surface area contributed by atoms with E-state index in [0.29, 0.717) is 6.04 Å². The summed E-state index contributed by atoms with van der Waals surface area (Å²) in [7, 11) is 1.72. The fraction of sp³-hybridized carbons (Fsp3) is 0.615. The first-order valence-corrected chi connectivity index (χ1v) is 6.88. The van der Waals surface area contributed by atoms with Crippen molar-refractivity contribution >= 4 is 11.8 Å². The fourth-order valence-electron chi connectivity index (χ4n) is 1.99. The van der Waals surface area contributed by atoms with Crippen molar-refractivity contribution in [3.8, 4) is 0 Å². The van der Waals surface area contributed by atoms with Crippen LogP contribution in [0.4, 0.5) is 13.2 Å². The minimum absolute atomic E-state index is 0.0644. The second-order valence-electron chi connectivity index (χ2n) is 5.29. The van der Waals surface area contributed by atoms with Crippen LogP contribution in [0.3, 0.4) is 0 Å². The molecule has 1 aliphatic carbocycles. The third kappa shape index (κ3) is 4.74. The van der Waals surface area contributed by atoms with Gasteiger partial charge < -0.3 is 14.8 Å². The minimum Gasteiger partial charge on any atom is -0.350 e. The van der Waals surface area contributed by atoms with Gasteiger partial charge in [0.15, 0.2) is 0 Å². The van der Waals surface area contributed by atoms with Crippen LogP contribution < -0.4 is 5.32 Å². The highest BCUT2D eigenvalue weighted by Gasteiger charge is 2.29. The van der Waals surface area contributed by atoms with Crippen LogP contribution in [0.5, 0.6) is 0 Å². The highest BCUT2D eigenvalue weighted by Crippen LogP contribution is 2.25. The number of nitrogens with zero attached hydrogens (tertiary/aromatic N) is 3. The van der Waals surface area contributed by atoms with E-state index in [9.17, 15) is 22.8 Å². The Balaban J connectivity index is 1.76. The zero-order chi connectivity index (χ0) is 16.3. The summed E-state index contributed by atoms with van der Waals surface area (Å²) < 4.78 is 37.4. The Bertz CT molecular complexity index is 552. The maximum absolute atomic E-state index is 12.2. The van der Waals surface area contributed by atoms with Crippen molar-refractivity contribution in [3.05, 3.63) is 18.2 Å². The third-order valence-electron chi connectivity index (χ3n) is 3.34. The topological polar surface area (TPSA) is 67.2 Å². The predicted octanol–water partition coefficient (Wildman–Crippen LogP) is 1.19.